The molecule has 0 spiro atoms. The van der Waals surface area contributed by atoms with Gasteiger partial charge in [0, 0.05) is 11.1 Å². The van der Waals surface area contributed by atoms with Gasteiger partial charge in [-0.1, -0.05) is 30.3 Å². The summed E-state index contributed by atoms with van der Waals surface area (Å²) in [7, 11) is 3.14. The monoisotopic (exact) mass is 441 g/mol. The van der Waals surface area contributed by atoms with Crippen LogP contribution in [0.2, 0.25) is 0 Å². The molecule has 3 aromatic rings. The first-order valence-corrected chi connectivity index (χ1v) is 10.0. The van der Waals surface area contributed by atoms with Crippen LogP contribution in [0.4, 0.5) is 18.9 Å². The van der Waals surface area contributed by atoms with Crippen molar-refractivity contribution in [3.8, 4) is 11.5 Å². The first-order chi connectivity index (χ1) is 15.3. The lowest BCUT2D eigenvalue weighted by Gasteiger charge is -2.20. The van der Waals surface area contributed by atoms with E-state index < -0.39 is 23.1 Å². The Morgan fingerprint density at radius 1 is 0.906 bits per heavy atom. The minimum absolute atomic E-state index is 0.113. The van der Waals surface area contributed by atoms with Gasteiger partial charge in [-0.25, -0.2) is 0 Å². The number of carbonyl (C=O) groups is 1. The Labute approximate surface area is 184 Å². The molecule has 1 saturated carbocycles. The number of anilines is 1. The van der Waals surface area contributed by atoms with Crippen LogP contribution in [0.5, 0.6) is 11.5 Å². The molecule has 3 aromatic carbocycles. The van der Waals surface area contributed by atoms with Gasteiger partial charge in [0.15, 0.2) is 0 Å². The lowest BCUT2D eigenvalue weighted by Crippen LogP contribution is -2.22. The topological polar surface area (TPSA) is 47.6 Å². The van der Waals surface area contributed by atoms with Gasteiger partial charge in [0.2, 0.25) is 5.91 Å². The molecule has 4 rings (SSSR count). The standard InChI is InChI=1S/C25H22F3NO3/c1-31-20-10-4-6-16(13-20)24(17-7-5-11-21(14-17)32-2)15-22(24)23(30)29-19-9-3-8-18(12-19)25(26,27)28/h3-14,22H,15H2,1-2H3,(H,29,30)/t22-/m0/s1. The number of rotatable bonds is 6. The molecule has 1 aliphatic rings. The summed E-state index contributed by atoms with van der Waals surface area (Å²) in [6.45, 7) is 0. The van der Waals surface area contributed by atoms with E-state index in [0.29, 0.717) is 17.9 Å². The van der Waals surface area contributed by atoms with Crippen molar-refractivity contribution >= 4 is 11.6 Å². The number of nitrogens with one attached hydrogen (secondary N) is 1. The Morgan fingerprint density at radius 2 is 1.47 bits per heavy atom. The Bertz CT molecular complexity index is 1100. The SMILES string of the molecule is COc1cccc(C2(c3cccc(OC)c3)C[C@H]2C(=O)Nc2cccc(C(F)(F)F)c2)c1. The van der Waals surface area contributed by atoms with Crippen LogP contribution < -0.4 is 14.8 Å². The Kier molecular flexibility index (Phi) is 5.59. The molecule has 7 heteroatoms. The first kappa shape index (κ1) is 21.7. The zero-order valence-electron chi connectivity index (χ0n) is 17.6. The van der Waals surface area contributed by atoms with Crippen LogP contribution in [0.15, 0.2) is 72.8 Å². The number of alkyl halides is 3. The number of amides is 1. The van der Waals surface area contributed by atoms with E-state index in [1.807, 2.05) is 48.5 Å². The van der Waals surface area contributed by atoms with Gasteiger partial charge in [-0.3, -0.25) is 4.79 Å². The van der Waals surface area contributed by atoms with Gasteiger partial charge in [-0.2, -0.15) is 13.2 Å². The highest BCUT2D eigenvalue weighted by Crippen LogP contribution is 2.60. The summed E-state index contributed by atoms with van der Waals surface area (Å²) in [5.41, 5.74) is 0.470. The number of hydrogen-bond acceptors (Lipinski definition) is 3. The molecule has 0 bridgehead atoms. The third kappa shape index (κ3) is 4.02. The summed E-state index contributed by atoms with van der Waals surface area (Å²) < 4.78 is 49.9. The maximum Gasteiger partial charge on any atom is 0.416 e. The van der Waals surface area contributed by atoms with Crippen molar-refractivity contribution in [2.24, 2.45) is 5.92 Å². The van der Waals surface area contributed by atoms with Gasteiger partial charge in [-0.05, 0) is 60.0 Å². The quantitative estimate of drug-likeness (QED) is 0.536. The maximum absolute atomic E-state index is 13.2. The molecule has 0 aromatic heterocycles. The summed E-state index contributed by atoms with van der Waals surface area (Å²) in [5, 5.41) is 2.67. The predicted octanol–water partition coefficient (Wildman–Crippen LogP) is 5.67. The highest BCUT2D eigenvalue weighted by atomic mass is 19.4. The van der Waals surface area contributed by atoms with E-state index in [1.54, 1.807) is 14.2 Å². The van der Waals surface area contributed by atoms with Crippen LogP contribution in [0.1, 0.15) is 23.1 Å². The molecule has 4 nitrogen and oxygen atoms in total. The third-order valence-corrected chi connectivity index (χ3v) is 5.90. The fraction of sp³-hybridized carbons (Fsp3) is 0.240. The summed E-state index contributed by atoms with van der Waals surface area (Å²) in [5.74, 6) is 0.522. The molecule has 166 valence electrons. The fourth-order valence-corrected chi connectivity index (χ4v) is 4.19. The van der Waals surface area contributed by atoms with Crippen molar-refractivity contribution in [1.29, 1.82) is 0 Å². The van der Waals surface area contributed by atoms with Crippen LogP contribution >= 0.6 is 0 Å². The van der Waals surface area contributed by atoms with Crippen molar-refractivity contribution < 1.29 is 27.4 Å². The van der Waals surface area contributed by atoms with E-state index in [-0.39, 0.29) is 11.6 Å². The van der Waals surface area contributed by atoms with Crippen molar-refractivity contribution in [1.82, 2.24) is 0 Å². The third-order valence-electron chi connectivity index (χ3n) is 5.90. The molecule has 0 radical (unpaired) electrons. The average Bonchev–Trinajstić information content (AvgIpc) is 3.56. The molecule has 1 N–H and O–H groups in total. The Hall–Kier alpha value is -3.48. The van der Waals surface area contributed by atoms with E-state index in [0.717, 1.165) is 23.3 Å². The second-order valence-corrected chi connectivity index (χ2v) is 7.76. The van der Waals surface area contributed by atoms with Crippen molar-refractivity contribution in [2.45, 2.75) is 18.0 Å². The number of carbonyl (C=O) groups excluding carboxylic acids is 1. The summed E-state index contributed by atoms with van der Waals surface area (Å²) in [4.78, 5) is 13.2. The molecular weight excluding hydrogens is 419 g/mol. The van der Waals surface area contributed by atoms with E-state index in [2.05, 4.69) is 5.32 Å². The molecule has 0 unspecified atom stereocenters. The Balaban J connectivity index is 1.68. The Morgan fingerprint density at radius 3 is 2.00 bits per heavy atom. The molecule has 1 atom stereocenters. The van der Waals surface area contributed by atoms with E-state index in [9.17, 15) is 18.0 Å². The first-order valence-electron chi connectivity index (χ1n) is 10.0. The van der Waals surface area contributed by atoms with Crippen molar-refractivity contribution in [3.63, 3.8) is 0 Å². The molecule has 0 heterocycles. The molecule has 32 heavy (non-hydrogen) atoms. The lowest BCUT2D eigenvalue weighted by molar-refractivity contribution is -0.137. The zero-order chi connectivity index (χ0) is 22.9. The molecule has 0 saturated heterocycles. The van der Waals surface area contributed by atoms with Gasteiger partial charge in [0.05, 0.1) is 25.7 Å². The number of halogens is 3. The number of methoxy groups -OCH3 is 2. The van der Waals surface area contributed by atoms with Crippen LogP contribution in [-0.2, 0) is 16.4 Å². The highest BCUT2D eigenvalue weighted by molar-refractivity contribution is 5.97. The van der Waals surface area contributed by atoms with Crippen molar-refractivity contribution in [3.05, 3.63) is 89.5 Å². The average molecular weight is 441 g/mol. The molecule has 1 amide bonds. The van der Waals surface area contributed by atoms with Gasteiger partial charge in [0.25, 0.3) is 0 Å². The lowest BCUT2D eigenvalue weighted by atomic mass is 9.85. The number of ether oxygens (including phenoxy) is 2. The van der Waals surface area contributed by atoms with Crippen LogP contribution in [0.3, 0.4) is 0 Å². The largest absolute Gasteiger partial charge is 0.497 e. The fourth-order valence-electron chi connectivity index (χ4n) is 4.19. The second-order valence-electron chi connectivity index (χ2n) is 7.76. The number of hydrogen-bond donors (Lipinski definition) is 1. The van der Waals surface area contributed by atoms with E-state index >= 15 is 0 Å². The predicted molar refractivity (Wildman–Crippen MR) is 115 cm³/mol. The van der Waals surface area contributed by atoms with Gasteiger partial charge < -0.3 is 14.8 Å². The van der Waals surface area contributed by atoms with Gasteiger partial charge in [-0.15, -0.1) is 0 Å². The van der Waals surface area contributed by atoms with Crippen molar-refractivity contribution in [2.75, 3.05) is 19.5 Å². The van der Waals surface area contributed by atoms with Crippen LogP contribution in [0, 0.1) is 5.92 Å². The second kappa shape index (κ2) is 8.22. The summed E-state index contributed by atoms with van der Waals surface area (Å²) in [6, 6.07) is 19.6. The zero-order valence-corrected chi connectivity index (χ0v) is 17.6. The summed E-state index contributed by atoms with van der Waals surface area (Å²) in [6.07, 6.45) is -3.97. The van der Waals surface area contributed by atoms with Gasteiger partial charge >= 0.3 is 6.18 Å². The minimum Gasteiger partial charge on any atom is -0.497 e. The van der Waals surface area contributed by atoms with E-state index in [1.165, 1.54) is 12.1 Å². The van der Waals surface area contributed by atoms with Crippen LogP contribution in [-0.4, -0.2) is 20.1 Å². The van der Waals surface area contributed by atoms with Gasteiger partial charge in [0.1, 0.15) is 11.5 Å². The number of benzene rings is 3. The molecule has 0 aliphatic heterocycles. The normalized spacial score (nSPS) is 16.8. The molecule has 1 fully saturated rings. The maximum atomic E-state index is 13.2. The smallest absolute Gasteiger partial charge is 0.416 e. The molecule has 1 aliphatic carbocycles. The molecular formula is C25H22F3NO3. The summed E-state index contributed by atoms with van der Waals surface area (Å²) >= 11 is 0. The van der Waals surface area contributed by atoms with Crippen LogP contribution in [0.25, 0.3) is 0 Å². The minimum atomic E-state index is -4.48. The van der Waals surface area contributed by atoms with E-state index in [4.69, 9.17) is 9.47 Å². The highest BCUT2D eigenvalue weighted by Gasteiger charge is 2.60.